The van der Waals surface area contributed by atoms with Gasteiger partial charge in [-0.25, -0.2) is 4.79 Å². The monoisotopic (exact) mass is 308 g/mol. The number of nitrogens with two attached hydrogens (primary N) is 1. The van der Waals surface area contributed by atoms with Gasteiger partial charge in [0.2, 0.25) is 5.91 Å². The number of carboxylic acids is 1. The summed E-state index contributed by atoms with van der Waals surface area (Å²) in [6.45, 7) is 0.781. The highest BCUT2D eigenvalue weighted by Crippen LogP contribution is 2.30. The van der Waals surface area contributed by atoms with Crippen LogP contribution in [0.5, 0.6) is 0 Å². The summed E-state index contributed by atoms with van der Waals surface area (Å²) in [6.07, 6.45) is -6.98. The van der Waals surface area contributed by atoms with Crippen LogP contribution in [0, 0.1) is 0 Å². The molecule has 0 aliphatic carbocycles. The van der Waals surface area contributed by atoms with Crippen molar-refractivity contribution in [3.63, 3.8) is 0 Å². The minimum absolute atomic E-state index is 0.366. The van der Waals surface area contributed by atoms with Crippen molar-refractivity contribution in [3.8, 4) is 0 Å². The average molecular weight is 308 g/mol. The molecule has 10 nitrogen and oxygen atoms in total. The van der Waals surface area contributed by atoms with Gasteiger partial charge in [0.05, 0.1) is 18.2 Å². The van der Waals surface area contributed by atoms with E-state index in [1.165, 1.54) is 0 Å². The second-order valence-electron chi connectivity index (χ2n) is 4.96. The molecule has 1 saturated heterocycles. The van der Waals surface area contributed by atoms with E-state index in [4.69, 9.17) is 15.6 Å². The highest BCUT2D eigenvalue weighted by molar-refractivity contribution is 5.76. The van der Waals surface area contributed by atoms with E-state index in [-0.39, 0.29) is 6.54 Å². The SMILES string of the molecule is CC(=O)N[C@H]1[C@H]([C@H](O)[C@H](O)CN)OC(O)(C(=O)O)C[C@@H]1O. The molecular weight excluding hydrogens is 288 g/mol. The van der Waals surface area contributed by atoms with Crippen LogP contribution in [-0.2, 0) is 14.3 Å². The number of hydrogen-bond donors (Lipinski definition) is 7. The topological polar surface area (TPSA) is 183 Å². The molecule has 21 heavy (non-hydrogen) atoms. The van der Waals surface area contributed by atoms with Gasteiger partial charge in [-0.05, 0) is 0 Å². The van der Waals surface area contributed by atoms with E-state index < -0.39 is 54.5 Å². The smallest absolute Gasteiger partial charge is 0.364 e. The van der Waals surface area contributed by atoms with Crippen molar-refractivity contribution in [2.75, 3.05) is 6.54 Å². The summed E-state index contributed by atoms with van der Waals surface area (Å²) in [7, 11) is 0. The molecule has 0 spiro atoms. The summed E-state index contributed by atoms with van der Waals surface area (Å²) in [4.78, 5) is 22.2. The van der Waals surface area contributed by atoms with Crippen LogP contribution in [0.25, 0.3) is 0 Å². The summed E-state index contributed by atoms with van der Waals surface area (Å²) in [5.74, 6) is -5.07. The van der Waals surface area contributed by atoms with Gasteiger partial charge < -0.3 is 41.3 Å². The van der Waals surface area contributed by atoms with Gasteiger partial charge in [0, 0.05) is 19.9 Å². The van der Waals surface area contributed by atoms with Crippen LogP contribution >= 0.6 is 0 Å². The molecule has 10 heteroatoms. The zero-order valence-electron chi connectivity index (χ0n) is 11.3. The Balaban J connectivity index is 3.07. The Hall–Kier alpha value is -1.30. The molecule has 1 aliphatic rings. The maximum absolute atomic E-state index is 11.1. The zero-order valence-corrected chi connectivity index (χ0v) is 11.3. The quantitative estimate of drug-likeness (QED) is 0.267. The number of nitrogens with one attached hydrogen (secondary N) is 1. The van der Waals surface area contributed by atoms with Gasteiger partial charge in [0.15, 0.2) is 0 Å². The van der Waals surface area contributed by atoms with Gasteiger partial charge in [-0.15, -0.1) is 0 Å². The first-order valence-electron chi connectivity index (χ1n) is 6.27. The lowest BCUT2D eigenvalue weighted by Crippen LogP contribution is -2.67. The first kappa shape index (κ1) is 17.8. The van der Waals surface area contributed by atoms with Crippen molar-refractivity contribution in [2.24, 2.45) is 5.73 Å². The molecule has 0 aromatic rings. The van der Waals surface area contributed by atoms with Crippen LogP contribution in [0.4, 0.5) is 0 Å². The summed E-state index contributed by atoms with van der Waals surface area (Å²) in [6, 6.07) is -1.21. The lowest BCUT2D eigenvalue weighted by atomic mass is 9.88. The summed E-state index contributed by atoms with van der Waals surface area (Å²) in [5.41, 5.74) is 5.19. The van der Waals surface area contributed by atoms with Crippen LogP contribution in [0.2, 0.25) is 0 Å². The molecule has 8 N–H and O–H groups in total. The molecule has 6 atom stereocenters. The zero-order chi connectivity index (χ0) is 16.4. The van der Waals surface area contributed by atoms with Crippen molar-refractivity contribution in [3.05, 3.63) is 0 Å². The predicted octanol–water partition coefficient (Wildman–Crippen LogP) is -3.91. The summed E-state index contributed by atoms with van der Waals surface area (Å²) < 4.78 is 4.92. The molecule has 1 unspecified atom stereocenters. The maximum atomic E-state index is 11.1. The Morgan fingerprint density at radius 1 is 1.48 bits per heavy atom. The number of rotatable bonds is 5. The number of aliphatic carboxylic acids is 1. The molecule has 1 heterocycles. The van der Waals surface area contributed by atoms with Gasteiger partial charge >= 0.3 is 5.97 Å². The third-order valence-electron chi connectivity index (χ3n) is 3.26. The van der Waals surface area contributed by atoms with Gasteiger partial charge in [-0.3, -0.25) is 4.79 Å². The highest BCUT2D eigenvalue weighted by atomic mass is 16.7. The Bertz CT molecular complexity index is 406. The van der Waals surface area contributed by atoms with Crippen LogP contribution in [0.3, 0.4) is 0 Å². The van der Waals surface area contributed by atoms with Crippen molar-refractivity contribution in [2.45, 2.75) is 49.6 Å². The number of aliphatic hydroxyl groups excluding tert-OH is 3. The van der Waals surface area contributed by atoms with Gasteiger partial charge in [0.25, 0.3) is 5.79 Å². The third kappa shape index (κ3) is 3.87. The molecule has 0 radical (unpaired) electrons. The Morgan fingerprint density at radius 2 is 2.05 bits per heavy atom. The number of carboxylic acid groups (broad SMARTS) is 1. The molecule has 0 bridgehead atoms. The van der Waals surface area contributed by atoms with E-state index >= 15 is 0 Å². The lowest BCUT2D eigenvalue weighted by molar-refractivity contribution is -0.294. The summed E-state index contributed by atoms with van der Waals surface area (Å²) >= 11 is 0. The number of hydrogen-bond acceptors (Lipinski definition) is 8. The Kier molecular flexibility index (Phi) is 5.61. The normalized spacial score (nSPS) is 35.8. The molecule has 1 rings (SSSR count). The average Bonchev–Trinajstić information content (AvgIpc) is 2.39. The molecule has 0 aromatic heterocycles. The first-order chi connectivity index (χ1) is 9.62. The molecular formula is C11H20N2O8. The first-order valence-corrected chi connectivity index (χ1v) is 6.27. The molecule has 0 aromatic carbocycles. The predicted molar refractivity (Wildman–Crippen MR) is 66.8 cm³/mol. The van der Waals surface area contributed by atoms with Crippen LogP contribution in [-0.4, -0.2) is 80.2 Å². The number of amides is 1. The van der Waals surface area contributed by atoms with Gasteiger partial charge in [-0.1, -0.05) is 0 Å². The van der Waals surface area contributed by atoms with E-state index in [9.17, 15) is 30.0 Å². The minimum Gasteiger partial charge on any atom is -0.477 e. The Labute approximate surface area is 120 Å². The van der Waals surface area contributed by atoms with Crippen LogP contribution < -0.4 is 11.1 Å². The standard InChI is InChI=1S/C11H20N2O8/c1-4(14)13-7-5(15)2-11(20,10(18)19)21-9(7)8(17)6(16)3-12/h5-9,15-17,20H,2-3,12H2,1H3,(H,13,14)(H,18,19)/t5-,6+,7+,8+,9+,11?/m0/s1. The fourth-order valence-electron chi connectivity index (χ4n) is 2.17. The van der Waals surface area contributed by atoms with E-state index in [2.05, 4.69) is 5.32 Å². The number of carbonyl (C=O) groups excluding carboxylic acids is 1. The fourth-order valence-corrected chi connectivity index (χ4v) is 2.17. The molecule has 122 valence electrons. The number of carbonyl (C=O) groups is 2. The van der Waals surface area contributed by atoms with E-state index in [0.29, 0.717) is 0 Å². The van der Waals surface area contributed by atoms with Gasteiger partial charge in [0.1, 0.15) is 12.2 Å². The second-order valence-corrected chi connectivity index (χ2v) is 4.96. The van der Waals surface area contributed by atoms with E-state index in [1.807, 2.05) is 0 Å². The van der Waals surface area contributed by atoms with Crippen molar-refractivity contribution in [1.29, 1.82) is 0 Å². The fraction of sp³-hybridized carbons (Fsp3) is 0.818. The number of aliphatic hydroxyl groups is 4. The van der Waals surface area contributed by atoms with Crippen molar-refractivity contribution < 1.29 is 39.9 Å². The summed E-state index contributed by atoms with van der Waals surface area (Å²) in [5, 5.41) is 50.5. The molecule has 1 amide bonds. The third-order valence-corrected chi connectivity index (χ3v) is 3.26. The van der Waals surface area contributed by atoms with E-state index in [1.54, 1.807) is 0 Å². The van der Waals surface area contributed by atoms with Crippen molar-refractivity contribution in [1.82, 2.24) is 5.32 Å². The second kappa shape index (κ2) is 6.64. The van der Waals surface area contributed by atoms with Gasteiger partial charge in [-0.2, -0.15) is 0 Å². The molecule has 0 saturated carbocycles. The van der Waals surface area contributed by atoms with Crippen molar-refractivity contribution >= 4 is 11.9 Å². The Morgan fingerprint density at radius 3 is 2.48 bits per heavy atom. The highest BCUT2D eigenvalue weighted by Gasteiger charge is 2.53. The molecule has 1 fully saturated rings. The van der Waals surface area contributed by atoms with Crippen LogP contribution in [0.1, 0.15) is 13.3 Å². The van der Waals surface area contributed by atoms with Crippen LogP contribution in [0.15, 0.2) is 0 Å². The lowest BCUT2D eigenvalue weighted by Gasteiger charge is -2.44. The minimum atomic E-state index is -2.74. The molecule has 1 aliphatic heterocycles. The largest absolute Gasteiger partial charge is 0.477 e. The maximum Gasteiger partial charge on any atom is 0.364 e. The van der Waals surface area contributed by atoms with E-state index in [0.717, 1.165) is 6.92 Å². The number of ether oxygens (including phenoxy) is 1.